The van der Waals surface area contributed by atoms with Gasteiger partial charge < -0.3 is 14.8 Å². The molecule has 196 valence electrons. The van der Waals surface area contributed by atoms with Crippen LogP contribution >= 0.6 is 0 Å². The lowest BCUT2D eigenvalue weighted by Crippen LogP contribution is -2.12. The van der Waals surface area contributed by atoms with Crippen LogP contribution in [0.2, 0.25) is 0 Å². The Morgan fingerprint density at radius 2 is 1.84 bits per heavy atom. The Morgan fingerprint density at radius 1 is 0.947 bits per heavy atom. The second-order valence-electron chi connectivity index (χ2n) is 8.91. The van der Waals surface area contributed by atoms with Crippen molar-refractivity contribution in [2.24, 2.45) is 0 Å². The van der Waals surface area contributed by atoms with Gasteiger partial charge in [-0.15, -0.1) is 0 Å². The maximum absolute atomic E-state index is 13.1. The van der Waals surface area contributed by atoms with Gasteiger partial charge in [0.05, 0.1) is 12.2 Å². The molecule has 8 nitrogen and oxygen atoms in total. The number of aryl methyl sites for hydroxylation is 2. The summed E-state index contributed by atoms with van der Waals surface area (Å²) in [5.41, 5.74) is 2.63. The predicted molar refractivity (Wildman–Crippen MR) is 148 cm³/mol. The number of carbonyl (C=O) groups is 1. The van der Waals surface area contributed by atoms with E-state index >= 15 is 0 Å². The highest BCUT2D eigenvalue weighted by atomic mass is 16.5. The fourth-order valence-electron chi connectivity index (χ4n) is 3.81. The van der Waals surface area contributed by atoms with E-state index in [2.05, 4.69) is 32.2 Å². The van der Waals surface area contributed by atoms with Crippen LogP contribution in [0, 0.1) is 6.92 Å². The average Bonchev–Trinajstić information content (AvgIpc) is 2.94. The summed E-state index contributed by atoms with van der Waals surface area (Å²) in [6, 6.07) is 16.4. The van der Waals surface area contributed by atoms with Crippen LogP contribution in [0.15, 0.2) is 67.1 Å². The summed E-state index contributed by atoms with van der Waals surface area (Å²) in [6.45, 7) is 6.75. The molecule has 0 aliphatic heterocycles. The summed E-state index contributed by atoms with van der Waals surface area (Å²) >= 11 is 0. The minimum atomic E-state index is -0.249. The second kappa shape index (κ2) is 13.3. The molecule has 8 heteroatoms. The number of benzene rings is 2. The first kappa shape index (κ1) is 26.7. The molecule has 4 rings (SSSR count). The molecule has 0 unspecified atom stereocenters. The Bertz CT molecular complexity index is 1380. The van der Waals surface area contributed by atoms with Crippen molar-refractivity contribution >= 4 is 11.6 Å². The first-order valence-corrected chi connectivity index (χ1v) is 13.0. The van der Waals surface area contributed by atoms with Crippen molar-refractivity contribution in [1.29, 1.82) is 0 Å². The minimum absolute atomic E-state index is 0.249. The Labute approximate surface area is 223 Å². The Hall–Kier alpha value is -4.33. The number of unbranched alkanes of at least 4 members (excludes halogenated alkanes) is 3. The largest absolute Gasteiger partial charge is 0.494 e. The van der Waals surface area contributed by atoms with Crippen LogP contribution in [0.3, 0.4) is 0 Å². The van der Waals surface area contributed by atoms with Crippen LogP contribution in [-0.2, 0) is 6.42 Å². The smallest absolute Gasteiger partial charge is 0.255 e. The van der Waals surface area contributed by atoms with E-state index in [0.717, 1.165) is 24.2 Å². The number of amides is 1. The maximum Gasteiger partial charge on any atom is 0.255 e. The van der Waals surface area contributed by atoms with E-state index in [1.807, 2.05) is 50.2 Å². The van der Waals surface area contributed by atoms with Gasteiger partial charge in [-0.25, -0.2) is 19.9 Å². The summed E-state index contributed by atoms with van der Waals surface area (Å²) in [7, 11) is 0. The number of hydrogen-bond acceptors (Lipinski definition) is 7. The molecule has 0 saturated carbocycles. The van der Waals surface area contributed by atoms with Gasteiger partial charge in [0.1, 0.15) is 23.7 Å². The van der Waals surface area contributed by atoms with Gasteiger partial charge in [-0.2, -0.15) is 0 Å². The summed E-state index contributed by atoms with van der Waals surface area (Å²) in [5, 5.41) is 2.95. The van der Waals surface area contributed by atoms with Crippen LogP contribution in [0.1, 0.15) is 61.3 Å². The molecule has 2 aromatic carbocycles. The van der Waals surface area contributed by atoms with E-state index in [1.54, 1.807) is 24.4 Å². The third-order valence-corrected chi connectivity index (χ3v) is 5.97. The molecule has 2 aromatic heterocycles. The van der Waals surface area contributed by atoms with Crippen molar-refractivity contribution in [3.05, 3.63) is 84.1 Å². The molecule has 0 saturated heterocycles. The SMILES string of the molecule is CCCCCCOc1cccc(NC(=O)c2ccc(C)c(Oc3ncccc3-c3ncnc(CC)n3)c2)c1. The van der Waals surface area contributed by atoms with E-state index in [0.29, 0.717) is 53.1 Å². The highest BCUT2D eigenvalue weighted by molar-refractivity contribution is 6.04. The van der Waals surface area contributed by atoms with Crippen molar-refractivity contribution in [1.82, 2.24) is 19.9 Å². The number of nitrogens with zero attached hydrogens (tertiary/aromatic N) is 4. The van der Waals surface area contributed by atoms with Gasteiger partial charge >= 0.3 is 0 Å². The van der Waals surface area contributed by atoms with Crippen LogP contribution < -0.4 is 14.8 Å². The summed E-state index contributed by atoms with van der Waals surface area (Å²) < 4.78 is 12.0. The molecule has 1 amide bonds. The lowest BCUT2D eigenvalue weighted by molar-refractivity contribution is 0.102. The Balaban J connectivity index is 1.48. The van der Waals surface area contributed by atoms with Gasteiger partial charge in [-0.05, 0) is 55.3 Å². The van der Waals surface area contributed by atoms with Crippen LogP contribution in [0.25, 0.3) is 11.4 Å². The first-order valence-electron chi connectivity index (χ1n) is 13.0. The normalized spacial score (nSPS) is 10.7. The number of carbonyl (C=O) groups excluding carboxylic acids is 1. The fraction of sp³-hybridized carbons (Fsp3) is 0.300. The number of nitrogens with one attached hydrogen (secondary N) is 1. The van der Waals surface area contributed by atoms with E-state index in [4.69, 9.17) is 9.47 Å². The Morgan fingerprint density at radius 3 is 2.68 bits per heavy atom. The molecule has 0 atom stereocenters. The molecule has 4 aromatic rings. The third-order valence-electron chi connectivity index (χ3n) is 5.97. The number of anilines is 1. The fourth-order valence-corrected chi connectivity index (χ4v) is 3.81. The molecule has 1 N–H and O–H groups in total. The zero-order valence-electron chi connectivity index (χ0n) is 22.1. The standard InChI is InChI=1S/C30H33N5O3/c1-4-6-7-8-17-37-24-12-9-11-23(19-24)34-29(36)22-15-14-21(3)26(18-22)38-30-25(13-10-16-31-30)28-33-20-32-27(5-2)35-28/h9-16,18-20H,4-8,17H2,1-3H3,(H,34,36). The zero-order valence-corrected chi connectivity index (χ0v) is 22.1. The molecular weight excluding hydrogens is 478 g/mol. The van der Waals surface area contributed by atoms with Gasteiger partial charge in [0.25, 0.3) is 5.91 Å². The highest BCUT2D eigenvalue weighted by Gasteiger charge is 2.15. The molecule has 0 fully saturated rings. The molecule has 2 heterocycles. The molecule has 0 radical (unpaired) electrons. The van der Waals surface area contributed by atoms with Gasteiger partial charge in [0.2, 0.25) is 5.88 Å². The van der Waals surface area contributed by atoms with Crippen LogP contribution in [0.4, 0.5) is 5.69 Å². The van der Waals surface area contributed by atoms with Gasteiger partial charge in [0, 0.05) is 29.9 Å². The van der Waals surface area contributed by atoms with E-state index in [1.165, 1.54) is 19.2 Å². The van der Waals surface area contributed by atoms with E-state index < -0.39 is 0 Å². The summed E-state index contributed by atoms with van der Waals surface area (Å²) in [5.74, 6) is 2.53. The van der Waals surface area contributed by atoms with E-state index in [-0.39, 0.29) is 5.91 Å². The summed E-state index contributed by atoms with van der Waals surface area (Å²) in [6.07, 6.45) is 8.39. The van der Waals surface area contributed by atoms with Crippen molar-refractivity contribution in [2.75, 3.05) is 11.9 Å². The molecule has 0 spiro atoms. The molecular formula is C30H33N5O3. The molecule has 0 bridgehead atoms. The zero-order chi connectivity index (χ0) is 26.7. The lowest BCUT2D eigenvalue weighted by atomic mass is 10.1. The van der Waals surface area contributed by atoms with Gasteiger partial charge in [-0.1, -0.05) is 45.2 Å². The van der Waals surface area contributed by atoms with Crippen molar-refractivity contribution in [3.8, 4) is 28.8 Å². The monoisotopic (exact) mass is 511 g/mol. The van der Waals surface area contributed by atoms with Gasteiger partial charge in [-0.3, -0.25) is 4.79 Å². The number of pyridine rings is 1. The molecule has 0 aliphatic carbocycles. The quantitative estimate of drug-likeness (QED) is 0.209. The van der Waals surface area contributed by atoms with Crippen LogP contribution in [0.5, 0.6) is 17.4 Å². The van der Waals surface area contributed by atoms with Crippen LogP contribution in [-0.4, -0.2) is 32.4 Å². The number of hydrogen-bond donors (Lipinski definition) is 1. The minimum Gasteiger partial charge on any atom is -0.494 e. The number of ether oxygens (including phenoxy) is 2. The third kappa shape index (κ3) is 7.12. The predicted octanol–water partition coefficient (Wildman–Crippen LogP) is 6.81. The van der Waals surface area contributed by atoms with Gasteiger partial charge in [0.15, 0.2) is 5.82 Å². The highest BCUT2D eigenvalue weighted by Crippen LogP contribution is 2.31. The van der Waals surface area contributed by atoms with Crippen molar-refractivity contribution in [2.45, 2.75) is 52.9 Å². The summed E-state index contributed by atoms with van der Waals surface area (Å²) in [4.78, 5) is 30.5. The van der Waals surface area contributed by atoms with Crippen molar-refractivity contribution < 1.29 is 14.3 Å². The average molecular weight is 512 g/mol. The van der Waals surface area contributed by atoms with E-state index in [9.17, 15) is 4.79 Å². The topological polar surface area (TPSA) is 99.1 Å². The number of aromatic nitrogens is 4. The Kier molecular flexibility index (Phi) is 9.34. The maximum atomic E-state index is 13.1. The molecule has 38 heavy (non-hydrogen) atoms. The number of rotatable bonds is 12. The first-order chi connectivity index (χ1) is 18.6. The molecule has 0 aliphatic rings. The second-order valence-corrected chi connectivity index (χ2v) is 8.91. The lowest BCUT2D eigenvalue weighted by Gasteiger charge is -2.13. The van der Waals surface area contributed by atoms with Crippen molar-refractivity contribution in [3.63, 3.8) is 0 Å².